The largest absolute Gasteiger partial charge is 0.497 e. The van der Waals surface area contributed by atoms with Gasteiger partial charge in [-0.05, 0) is 30.7 Å². The van der Waals surface area contributed by atoms with Crippen molar-refractivity contribution in [1.29, 1.82) is 0 Å². The summed E-state index contributed by atoms with van der Waals surface area (Å²) < 4.78 is 12.1. The van der Waals surface area contributed by atoms with Crippen LogP contribution >= 0.6 is 0 Å². The van der Waals surface area contributed by atoms with Crippen molar-refractivity contribution in [2.75, 3.05) is 26.1 Å². The Morgan fingerprint density at radius 3 is 2.64 bits per heavy atom. The second-order valence-electron chi connectivity index (χ2n) is 6.02. The van der Waals surface area contributed by atoms with E-state index in [1.807, 2.05) is 6.92 Å². The minimum absolute atomic E-state index is 0.0992. The topological polar surface area (TPSA) is 94.0 Å². The van der Waals surface area contributed by atoms with Gasteiger partial charge < -0.3 is 20.1 Å². The lowest BCUT2D eigenvalue weighted by molar-refractivity contribution is 0.0951. The van der Waals surface area contributed by atoms with Gasteiger partial charge in [0.2, 0.25) is 5.82 Å². The van der Waals surface area contributed by atoms with Gasteiger partial charge in [0, 0.05) is 18.8 Å². The predicted octanol–water partition coefficient (Wildman–Crippen LogP) is 2.74. The van der Waals surface area contributed by atoms with E-state index in [1.165, 1.54) is 14.2 Å². The quantitative estimate of drug-likeness (QED) is 0.655. The van der Waals surface area contributed by atoms with Crippen LogP contribution in [0.4, 0.5) is 5.69 Å². The van der Waals surface area contributed by atoms with Gasteiger partial charge in [-0.2, -0.15) is 0 Å². The molecule has 0 bridgehead atoms. The Morgan fingerprint density at radius 1 is 1.11 bits per heavy atom. The summed E-state index contributed by atoms with van der Waals surface area (Å²) in [6.07, 6.45) is 2.50. The molecule has 0 aliphatic heterocycles. The first-order chi connectivity index (χ1) is 13.6. The van der Waals surface area contributed by atoms with E-state index in [2.05, 4.69) is 15.6 Å². The maximum absolute atomic E-state index is 12.9. The van der Waals surface area contributed by atoms with Crippen molar-refractivity contribution >= 4 is 23.0 Å². The van der Waals surface area contributed by atoms with Crippen molar-refractivity contribution in [3.05, 3.63) is 54.1 Å². The second-order valence-corrected chi connectivity index (χ2v) is 6.02. The summed E-state index contributed by atoms with van der Waals surface area (Å²) in [5.41, 5.74) is 1.20. The highest BCUT2D eigenvalue weighted by Gasteiger charge is 2.22. The molecule has 0 saturated heterocycles. The first-order valence-corrected chi connectivity index (χ1v) is 8.87. The highest BCUT2D eigenvalue weighted by Crippen LogP contribution is 2.29. The molecule has 28 heavy (non-hydrogen) atoms. The summed E-state index contributed by atoms with van der Waals surface area (Å²) in [6.45, 7) is 2.50. The van der Waals surface area contributed by atoms with E-state index in [0.29, 0.717) is 29.2 Å². The molecule has 0 atom stereocenters. The third-order valence-electron chi connectivity index (χ3n) is 4.16. The van der Waals surface area contributed by atoms with E-state index in [-0.39, 0.29) is 17.4 Å². The van der Waals surface area contributed by atoms with Crippen LogP contribution in [0.15, 0.2) is 42.6 Å². The fourth-order valence-electron chi connectivity index (χ4n) is 2.78. The van der Waals surface area contributed by atoms with Crippen LogP contribution in [0.1, 0.15) is 34.5 Å². The molecular formula is C20H22N4O4. The molecule has 0 saturated carbocycles. The smallest absolute Gasteiger partial charge is 0.292 e. The van der Waals surface area contributed by atoms with Crippen LogP contribution < -0.4 is 20.1 Å². The number of fused-ring (bicyclic) bond motifs is 1. The zero-order valence-corrected chi connectivity index (χ0v) is 16.0. The first-order valence-electron chi connectivity index (χ1n) is 8.87. The number of nitrogens with zero attached hydrogens (tertiary/aromatic N) is 2. The van der Waals surface area contributed by atoms with Gasteiger partial charge in [0.05, 0.1) is 25.4 Å². The molecule has 3 aromatic rings. The van der Waals surface area contributed by atoms with Gasteiger partial charge >= 0.3 is 0 Å². The summed E-state index contributed by atoms with van der Waals surface area (Å²) in [6, 6.07) is 10.4. The summed E-state index contributed by atoms with van der Waals surface area (Å²) in [5.74, 6) is 0.368. The van der Waals surface area contributed by atoms with Gasteiger partial charge in [0.1, 0.15) is 11.5 Å². The monoisotopic (exact) mass is 382 g/mol. The number of benzene rings is 1. The SMILES string of the molecule is CCCNC(=O)c1nc(C(=O)Nc2cc(OC)ccc2OC)n2ccccc12. The molecule has 0 aliphatic rings. The number of aromatic nitrogens is 2. The minimum Gasteiger partial charge on any atom is -0.497 e. The van der Waals surface area contributed by atoms with Crippen LogP contribution in [-0.2, 0) is 0 Å². The number of amides is 2. The van der Waals surface area contributed by atoms with Crippen LogP contribution in [0.5, 0.6) is 11.5 Å². The van der Waals surface area contributed by atoms with Crippen LogP contribution in [0.3, 0.4) is 0 Å². The number of rotatable bonds is 7. The van der Waals surface area contributed by atoms with E-state index in [1.54, 1.807) is 47.0 Å². The fraction of sp³-hybridized carbons (Fsp3) is 0.250. The van der Waals surface area contributed by atoms with Crippen molar-refractivity contribution in [3.63, 3.8) is 0 Å². The Kier molecular flexibility index (Phi) is 5.78. The maximum atomic E-state index is 12.9. The van der Waals surface area contributed by atoms with Crippen molar-refractivity contribution in [2.24, 2.45) is 0 Å². The van der Waals surface area contributed by atoms with Gasteiger partial charge in [0.15, 0.2) is 5.69 Å². The van der Waals surface area contributed by atoms with Crippen molar-refractivity contribution < 1.29 is 19.1 Å². The average Bonchev–Trinajstić information content (AvgIpc) is 3.12. The summed E-state index contributed by atoms with van der Waals surface area (Å²) in [5, 5.41) is 5.57. The molecule has 8 nitrogen and oxygen atoms in total. The Morgan fingerprint density at radius 2 is 1.93 bits per heavy atom. The second kappa shape index (κ2) is 8.43. The van der Waals surface area contributed by atoms with Gasteiger partial charge in [0.25, 0.3) is 11.8 Å². The van der Waals surface area contributed by atoms with Gasteiger partial charge in [-0.25, -0.2) is 4.98 Å². The molecule has 3 rings (SSSR count). The molecule has 2 aromatic heterocycles. The number of ether oxygens (including phenoxy) is 2. The molecule has 0 unspecified atom stereocenters. The Bertz CT molecular complexity index is 1010. The number of pyridine rings is 1. The number of carbonyl (C=O) groups is 2. The average molecular weight is 382 g/mol. The summed E-state index contributed by atoms with van der Waals surface area (Å²) in [7, 11) is 3.05. The van der Waals surface area contributed by atoms with E-state index in [0.717, 1.165) is 6.42 Å². The number of hydrogen-bond donors (Lipinski definition) is 2. The van der Waals surface area contributed by atoms with Gasteiger partial charge in [-0.15, -0.1) is 0 Å². The Labute approximate surface area is 162 Å². The first kappa shape index (κ1) is 19.2. The molecule has 0 radical (unpaired) electrons. The fourth-order valence-corrected chi connectivity index (χ4v) is 2.78. The van der Waals surface area contributed by atoms with Crippen molar-refractivity contribution in [2.45, 2.75) is 13.3 Å². The maximum Gasteiger partial charge on any atom is 0.292 e. The molecule has 2 heterocycles. The number of hydrogen-bond acceptors (Lipinski definition) is 5. The summed E-state index contributed by atoms with van der Waals surface area (Å²) in [4.78, 5) is 29.7. The molecule has 146 valence electrons. The molecule has 0 fully saturated rings. The van der Waals surface area contributed by atoms with E-state index >= 15 is 0 Å². The normalized spacial score (nSPS) is 10.5. The van der Waals surface area contributed by atoms with Crippen LogP contribution in [0.2, 0.25) is 0 Å². The number of imidazole rings is 1. The van der Waals surface area contributed by atoms with E-state index in [9.17, 15) is 9.59 Å². The summed E-state index contributed by atoms with van der Waals surface area (Å²) >= 11 is 0. The Hall–Kier alpha value is -3.55. The molecule has 2 amide bonds. The number of methoxy groups -OCH3 is 2. The van der Waals surface area contributed by atoms with Gasteiger partial charge in [-0.3, -0.25) is 14.0 Å². The van der Waals surface area contributed by atoms with Crippen LogP contribution in [0, 0.1) is 0 Å². The highest BCUT2D eigenvalue weighted by atomic mass is 16.5. The standard InChI is InChI=1S/C20H22N4O4/c1-4-10-21-19(25)17-15-7-5-6-11-24(15)18(23-17)20(26)22-14-12-13(27-2)8-9-16(14)28-3/h5-9,11-12H,4,10H2,1-3H3,(H,21,25)(H,22,26). The lowest BCUT2D eigenvalue weighted by Crippen LogP contribution is -2.24. The van der Waals surface area contributed by atoms with Gasteiger partial charge in [-0.1, -0.05) is 13.0 Å². The molecule has 8 heteroatoms. The minimum atomic E-state index is -0.470. The zero-order chi connectivity index (χ0) is 20.1. The van der Waals surface area contributed by atoms with Crippen LogP contribution in [-0.4, -0.2) is 42.0 Å². The third-order valence-corrected chi connectivity index (χ3v) is 4.16. The lowest BCUT2D eigenvalue weighted by Gasteiger charge is -2.11. The number of carbonyl (C=O) groups excluding carboxylic acids is 2. The lowest BCUT2D eigenvalue weighted by atomic mass is 10.2. The Balaban J connectivity index is 1.98. The molecule has 2 N–H and O–H groups in total. The molecular weight excluding hydrogens is 360 g/mol. The van der Waals surface area contributed by atoms with Crippen LogP contribution in [0.25, 0.3) is 5.52 Å². The number of anilines is 1. The zero-order valence-electron chi connectivity index (χ0n) is 16.0. The molecule has 0 aliphatic carbocycles. The molecule has 0 spiro atoms. The number of nitrogens with one attached hydrogen (secondary N) is 2. The predicted molar refractivity (Wildman–Crippen MR) is 105 cm³/mol. The highest BCUT2D eigenvalue weighted by molar-refractivity contribution is 6.06. The van der Waals surface area contributed by atoms with E-state index in [4.69, 9.17) is 9.47 Å². The third kappa shape index (κ3) is 3.75. The van der Waals surface area contributed by atoms with Crippen molar-refractivity contribution in [1.82, 2.24) is 14.7 Å². The van der Waals surface area contributed by atoms with Crippen molar-refractivity contribution in [3.8, 4) is 11.5 Å². The van der Waals surface area contributed by atoms with E-state index < -0.39 is 5.91 Å². The molecule has 1 aromatic carbocycles.